The maximum Gasteiger partial charge on any atom is 0.255 e. The summed E-state index contributed by atoms with van der Waals surface area (Å²) in [5, 5.41) is 0. The number of pyridine rings is 1. The summed E-state index contributed by atoms with van der Waals surface area (Å²) in [5.74, 6) is 0.0167. The van der Waals surface area contributed by atoms with Crippen LogP contribution in [-0.2, 0) is 6.54 Å². The molecule has 1 aliphatic heterocycles. The van der Waals surface area contributed by atoms with Gasteiger partial charge in [-0.1, -0.05) is 43.2 Å². The molecule has 0 aliphatic carbocycles. The lowest BCUT2D eigenvalue weighted by atomic mass is 10.2. The van der Waals surface area contributed by atoms with Gasteiger partial charge in [-0.3, -0.25) is 9.78 Å². The molecule has 1 aliphatic rings. The van der Waals surface area contributed by atoms with E-state index in [0.29, 0.717) is 12.1 Å². The SMILES string of the molecule is CN(Cc1ccccc1)C(=O)c1cncc(N2CCCCCC2)c1. The number of rotatable bonds is 4. The molecular formula is C20H25N3O. The monoisotopic (exact) mass is 323 g/mol. The second-order valence-corrected chi connectivity index (χ2v) is 6.48. The molecule has 24 heavy (non-hydrogen) atoms. The molecular weight excluding hydrogens is 298 g/mol. The van der Waals surface area contributed by atoms with Gasteiger partial charge < -0.3 is 9.80 Å². The Hall–Kier alpha value is -2.36. The predicted octanol–water partition coefficient (Wildman–Crippen LogP) is 3.73. The first-order valence-electron chi connectivity index (χ1n) is 8.73. The smallest absolute Gasteiger partial charge is 0.255 e. The van der Waals surface area contributed by atoms with Crippen LogP contribution in [-0.4, -0.2) is 35.9 Å². The van der Waals surface area contributed by atoms with Crippen LogP contribution in [0.25, 0.3) is 0 Å². The summed E-state index contributed by atoms with van der Waals surface area (Å²) in [5.41, 5.74) is 2.86. The molecule has 4 nitrogen and oxygen atoms in total. The molecule has 0 bridgehead atoms. The average Bonchev–Trinajstić information content (AvgIpc) is 2.91. The fraction of sp³-hybridized carbons (Fsp3) is 0.400. The van der Waals surface area contributed by atoms with E-state index in [2.05, 4.69) is 9.88 Å². The van der Waals surface area contributed by atoms with Crippen LogP contribution in [0.5, 0.6) is 0 Å². The summed E-state index contributed by atoms with van der Waals surface area (Å²) in [6.45, 7) is 2.71. The van der Waals surface area contributed by atoms with Crippen LogP contribution in [0.15, 0.2) is 48.8 Å². The molecule has 1 fully saturated rings. The van der Waals surface area contributed by atoms with E-state index in [1.54, 1.807) is 11.1 Å². The van der Waals surface area contributed by atoms with Crippen LogP contribution in [0.2, 0.25) is 0 Å². The molecule has 0 N–H and O–H groups in total. The van der Waals surface area contributed by atoms with Gasteiger partial charge >= 0.3 is 0 Å². The van der Waals surface area contributed by atoms with Gasteiger partial charge in [-0.25, -0.2) is 0 Å². The third-order valence-electron chi connectivity index (χ3n) is 4.55. The zero-order valence-corrected chi connectivity index (χ0v) is 14.3. The van der Waals surface area contributed by atoms with Gasteiger partial charge in [0.2, 0.25) is 0 Å². The van der Waals surface area contributed by atoms with E-state index in [-0.39, 0.29) is 5.91 Å². The van der Waals surface area contributed by atoms with Gasteiger partial charge in [0.1, 0.15) is 0 Å². The summed E-state index contributed by atoms with van der Waals surface area (Å²) in [4.78, 5) is 21.1. The molecule has 2 heterocycles. The Labute approximate surface area is 144 Å². The minimum absolute atomic E-state index is 0.0167. The average molecular weight is 323 g/mol. The number of nitrogens with zero attached hydrogens (tertiary/aromatic N) is 3. The molecule has 1 saturated heterocycles. The molecule has 1 aromatic carbocycles. The van der Waals surface area contributed by atoms with Crippen molar-refractivity contribution in [2.24, 2.45) is 0 Å². The van der Waals surface area contributed by atoms with Crippen molar-refractivity contribution in [1.82, 2.24) is 9.88 Å². The topological polar surface area (TPSA) is 36.4 Å². The molecule has 3 rings (SSSR count). The van der Waals surface area contributed by atoms with Gasteiger partial charge in [0.05, 0.1) is 17.4 Å². The van der Waals surface area contributed by atoms with Gasteiger partial charge in [-0.05, 0) is 24.5 Å². The third-order valence-corrected chi connectivity index (χ3v) is 4.55. The maximum absolute atomic E-state index is 12.7. The van der Waals surface area contributed by atoms with Crippen molar-refractivity contribution in [2.75, 3.05) is 25.0 Å². The Morgan fingerprint density at radius 3 is 2.50 bits per heavy atom. The van der Waals surface area contributed by atoms with Crippen molar-refractivity contribution in [3.63, 3.8) is 0 Å². The molecule has 0 saturated carbocycles. The molecule has 0 unspecified atom stereocenters. The molecule has 1 amide bonds. The van der Waals surface area contributed by atoms with Gasteiger partial charge in [0.25, 0.3) is 5.91 Å². The highest BCUT2D eigenvalue weighted by Crippen LogP contribution is 2.20. The van der Waals surface area contributed by atoms with Crippen molar-refractivity contribution >= 4 is 11.6 Å². The van der Waals surface area contributed by atoms with Crippen LogP contribution in [0.1, 0.15) is 41.6 Å². The lowest BCUT2D eigenvalue weighted by Crippen LogP contribution is -2.27. The summed E-state index contributed by atoms with van der Waals surface area (Å²) < 4.78 is 0. The number of anilines is 1. The lowest BCUT2D eigenvalue weighted by Gasteiger charge is -2.23. The molecule has 0 atom stereocenters. The molecule has 0 spiro atoms. The van der Waals surface area contributed by atoms with Crippen molar-refractivity contribution in [1.29, 1.82) is 0 Å². The first kappa shape index (κ1) is 16.5. The van der Waals surface area contributed by atoms with E-state index < -0.39 is 0 Å². The molecule has 1 aromatic heterocycles. The third kappa shape index (κ3) is 4.13. The highest BCUT2D eigenvalue weighted by atomic mass is 16.2. The normalized spacial score (nSPS) is 15.0. The lowest BCUT2D eigenvalue weighted by molar-refractivity contribution is 0.0784. The Balaban J connectivity index is 1.71. The van der Waals surface area contributed by atoms with E-state index in [4.69, 9.17) is 0 Å². The van der Waals surface area contributed by atoms with E-state index >= 15 is 0 Å². The van der Waals surface area contributed by atoms with E-state index in [1.165, 1.54) is 25.7 Å². The van der Waals surface area contributed by atoms with Crippen LogP contribution >= 0.6 is 0 Å². The Morgan fingerprint density at radius 1 is 1.08 bits per heavy atom. The van der Waals surface area contributed by atoms with Crippen LogP contribution in [0.4, 0.5) is 5.69 Å². The van der Waals surface area contributed by atoms with Gasteiger partial charge in [0, 0.05) is 32.9 Å². The van der Waals surface area contributed by atoms with Gasteiger partial charge in [-0.2, -0.15) is 0 Å². The molecule has 0 radical (unpaired) electrons. The first-order chi connectivity index (χ1) is 11.7. The first-order valence-corrected chi connectivity index (χ1v) is 8.73. The number of hydrogen-bond donors (Lipinski definition) is 0. The zero-order valence-electron chi connectivity index (χ0n) is 14.3. The van der Waals surface area contributed by atoms with Crippen LogP contribution in [0.3, 0.4) is 0 Å². The highest BCUT2D eigenvalue weighted by Gasteiger charge is 2.16. The predicted molar refractivity (Wildman–Crippen MR) is 97.2 cm³/mol. The number of amides is 1. The summed E-state index contributed by atoms with van der Waals surface area (Å²) in [6, 6.07) is 12.0. The summed E-state index contributed by atoms with van der Waals surface area (Å²) in [6.07, 6.45) is 8.56. The fourth-order valence-corrected chi connectivity index (χ4v) is 3.20. The Morgan fingerprint density at radius 2 is 1.79 bits per heavy atom. The van der Waals surface area contributed by atoms with Gasteiger partial charge in [0.15, 0.2) is 0 Å². The standard InChI is InChI=1S/C20H25N3O/c1-22(16-17-9-5-4-6-10-17)20(24)18-13-19(15-21-14-18)23-11-7-2-3-8-12-23/h4-6,9-10,13-15H,2-3,7-8,11-12,16H2,1H3. The number of carbonyl (C=O) groups is 1. The minimum Gasteiger partial charge on any atom is -0.370 e. The number of benzene rings is 1. The van der Waals surface area contributed by atoms with Crippen molar-refractivity contribution in [3.05, 3.63) is 59.9 Å². The minimum atomic E-state index is 0.0167. The van der Waals surface area contributed by atoms with Crippen molar-refractivity contribution in [3.8, 4) is 0 Å². The van der Waals surface area contributed by atoms with Crippen LogP contribution in [0, 0.1) is 0 Å². The number of carbonyl (C=O) groups excluding carboxylic acids is 1. The maximum atomic E-state index is 12.7. The van der Waals surface area contributed by atoms with E-state index in [9.17, 15) is 4.79 Å². The Bertz CT molecular complexity index is 664. The largest absolute Gasteiger partial charge is 0.370 e. The fourth-order valence-electron chi connectivity index (χ4n) is 3.20. The highest BCUT2D eigenvalue weighted by molar-refractivity contribution is 5.94. The molecule has 2 aromatic rings. The summed E-state index contributed by atoms with van der Waals surface area (Å²) >= 11 is 0. The number of aromatic nitrogens is 1. The number of hydrogen-bond acceptors (Lipinski definition) is 3. The molecule has 126 valence electrons. The Kier molecular flexibility index (Phi) is 5.47. The summed E-state index contributed by atoms with van der Waals surface area (Å²) in [7, 11) is 1.84. The van der Waals surface area contributed by atoms with E-state index in [0.717, 1.165) is 24.3 Å². The quantitative estimate of drug-likeness (QED) is 0.860. The van der Waals surface area contributed by atoms with Gasteiger partial charge in [-0.15, -0.1) is 0 Å². The van der Waals surface area contributed by atoms with Crippen molar-refractivity contribution in [2.45, 2.75) is 32.2 Å². The zero-order chi connectivity index (χ0) is 16.8. The second kappa shape index (κ2) is 7.95. The molecule has 4 heteroatoms. The van der Waals surface area contributed by atoms with Crippen molar-refractivity contribution < 1.29 is 4.79 Å². The van der Waals surface area contributed by atoms with Crippen LogP contribution < -0.4 is 4.90 Å². The second-order valence-electron chi connectivity index (χ2n) is 6.48. The van der Waals surface area contributed by atoms with E-state index in [1.807, 2.05) is 49.6 Å².